The number of amides is 1. The van der Waals surface area contributed by atoms with E-state index in [1.807, 2.05) is 66.4 Å². The van der Waals surface area contributed by atoms with Crippen LogP contribution in [0.2, 0.25) is 0 Å². The van der Waals surface area contributed by atoms with Crippen molar-refractivity contribution >= 4 is 17.5 Å². The van der Waals surface area contributed by atoms with Gasteiger partial charge in [-0.15, -0.1) is 0 Å². The van der Waals surface area contributed by atoms with Crippen LogP contribution in [-0.4, -0.2) is 36.1 Å². The minimum absolute atomic E-state index is 0.191. The Morgan fingerprint density at radius 3 is 2.39 bits per heavy atom. The third kappa shape index (κ3) is 4.65. The topological polar surface area (TPSA) is 67.4 Å². The van der Waals surface area contributed by atoms with E-state index in [1.165, 1.54) is 0 Å². The first-order valence-corrected chi connectivity index (χ1v) is 9.27. The molecule has 0 saturated heterocycles. The van der Waals surface area contributed by atoms with Crippen molar-refractivity contribution in [3.63, 3.8) is 0 Å². The van der Waals surface area contributed by atoms with Crippen molar-refractivity contribution in [3.05, 3.63) is 78.1 Å². The van der Waals surface area contributed by atoms with Crippen molar-refractivity contribution in [1.29, 1.82) is 0 Å². The van der Waals surface area contributed by atoms with Crippen molar-refractivity contribution in [2.75, 3.05) is 25.1 Å². The highest BCUT2D eigenvalue weighted by Crippen LogP contribution is 2.21. The summed E-state index contributed by atoms with van der Waals surface area (Å²) in [7, 11) is 1.64. The molecule has 28 heavy (non-hydrogen) atoms. The fourth-order valence-corrected chi connectivity index (χ4v) is 2.95. The summed E-state index contributed by atoms with van der Waals surface area (Å²) in [6.07, 6.45) is 3.81. The molecule has 0 fully saturated rings. The molecule has 144 valence electrons. The first-order valence-electron chi connectivity index (χ1n) is 9.27. The number of para-hydroxylation sites is 2. The van der Waals surface area contributed by atoms with Crippen LogP contribution in [0.1, 0.15) is 22.8 Å². The molecule has 0 radical (unpaired) electrons. The zero-order valence-corrected chi connectivity index (χ0v) is 16.1. The summed E-state index contributed by atoms with van der Waals surface area (Å²) < 4.78 is 5.33. The molecule has 0 atom stereocenters. The Morgan fingerprint density at radius 1 is 1.04 bits per heavy atom. The standard InChI is InChI=1S/C22H24N4O2/c1-3-26(19-10-5-4-6-11-19)22-24-15-18(16-25-22)21(27)23-14-13-17-9-7-8-12-20(17)28-2/h4-12,15-16H,3,13-14H2,1-2H3,(H,23,27). The first-order chi connectivity index (χ1) is 13.7. The average molecular weight is 376 g/mol. The van der Waals surface area contributed by atoms with Crippen LogP contribution in [0, 0.1) is 0 Å². The summed E-state index contributed by atoms with van der Waals surface area (Å²) in [6.45, 7) is 3.27. The van der Waals surface area contributed by atoms with Gasteiger partial charge in [0.2, 0.25) is 5.95 Å². The summed E-state index contributed by atoms with van der Waals surface area (Å²) in [5.41, 5.74) is 2.50. The molecule has 0 spiro atoms. The van der Waals surface area contributed by atoms with Crippen LogP contribution in [-0.2, 0) is 6.42 Å². The van der Waals surface area contributed by atoms with Crippen LogP contribution in [0.4, 0.5) is 11.6 Å². The number of carbonyl (C=O) groups excluding carboxylic acids is 1. The van der Waals surface area contributed by atoms with Crippen molar-refractivity contribution in [2.24, 2.45) is 0 Å². The molecular formula is C22H24N4O2. The van der Waals surface area contributed by atoms with Crippen molar-refractivity contribution < 1.29 is 9.53 Å². The number of nitrogens with one attached hydrogen (secondary N) is 1. The molecule has 0 aliphatic carbocycles. The quantitative estimate of drug-likeness (QED) is 0.650. The van der Waals surface area contributed by atoms with Gasteiger partial charge < -0.3 is 15.0 Å². The van der Waals surface area contributed by atoms with Crippen LogP contribution < -0.4 is 15.0 Å². The van der Waals surface area contributed by atoms with E-state index in [0.29, 0.717) is 24.5 Å². The molecule has 3 aromatic rings. The van der Waals surface area contributed by atoms with E-state index in [9.17, 15) is 4.79 Å². The maximum Gasteiger partial charge on any atom is 0.254 e. The molecule has 2 aromatic carbocycles. The van der Waals surface area contributed by atoms with Gasteiger partial charge in [-0.1, -0.05) is 36.4 Å². The molecule has 0 saturated carbocycles. The molecule has 1 N–H and O–H groups in total. The number of rotatable bonds is 8. The van der Waals surface area contributed by atoms with Gasteiger partial charge in [0.15, 0.2) is 0 Å². The highest BCUT2D eigenvalue weighted by Gasteiger charge is 2.12. The number of aromatic nitrogens is 2. The fraction of sp³-hybridized carbons (Fsp3) is 0.227. The lowest BCUT2D eigenvalue weighted by atomic mass is 10.1. The van der Waals surface area contributed by atoms with Gasteiger partial charge in [-0.3, -0.25) is 4.79 Å². The molecule has 1 amide bonds. The lowest BCUT2D eigenvalue weighted by molar-refractivity contribution is 0.0953. The minimum Gasteiger partial charge on any atom is -0.496 e. The van der Waals surface area contributed by atoms with E-state index in [1.54, 1.807) is 19.5 Å². The molecule has 3 rings (SSSR count). The Labute approximate surface area is 165 Å². The van der Waals surface area contributed by atoms with Crippen LogP contribution in [0.3, 0.4) is 0 Å². The number of hydrogen-bond acceptors (Lipinski definition) is 5. The van der Waals surface area contributed by atoms with E-state index in [2.05, 4.69) is 15.3 Å². The zero-order valence-electron chi connectivity index (χ0n) is 16.1. The molecule has 0 unspecified atom stereocenters. The summed E-state index contributed by atoms with van der Waals surface area (Å²) >= 11 is 0. The molecule has 1 aromatic heterocycles. The van der Waals surface area contributed by atoms with Gasteiger partial charge in [0, 0.05) is 31.2 Å². The Hall–Kier alpha value is -3.41. The van der Waals surface area contributed by atoms with E-state index >= 15 is 0 Å². The second-order valence-corrected chi connectivity index (χ2v) is 6.17. The number of carbonyl (C=O) groups is 1. The summed E-state index contributed by atoms with van der Waals surface area (Å²) in [4.78, 5) is 23.1. The van der Waals surface area contributed by atoms with Gasteiger partial charge in [0.1, 0.15) is 5.75 Å². The highest BCUT2D eigenvalue weighted by atomic mass is 16.5. The molecule has 6 nitrogen and oxygen atoms in total. The van der Waals surface area contributed by atoms with E-state index in [0.717, 1.165) is 23.5 Å². The number of anilines is 2. The number of benzene rings is 2. The summed E-state index contributed by atoms with van der Waals surface area (Å²) in [6, 6.07) is 17.7. The average Bonchev–Trinajstić information content (AvgIpc) is 2.76. The van der Waals surface area contributed by atoms with Gasteiger partial charge in [-0.25, -0.2) is 9.97 Å². The van der Waals surface area contributed by atoms with Crippen molar-refractivity contribution in [2.45, 2.75) is 13.3 Å². The van der Waals surface area contributed by atoms with Gasteiger partial charge in [-0.2, -0.15) is 0 Å². The van der Waals surface area contributed by atoms with Crippen LogP contribution >= 0.6 is 0 Å². The molecule has 6 heteroatoms. The number of methoxy groups -OCH3 is 1. The molecule has 0 aliphatic heterocycles. The largest absolute Gasteiger partial charge is 0.496 e. The van der Waals surface area contributed by atoms with Crippen LogP contribution in [0.15, 0.2) is 67.0 Å². The van der Waals surface area contributed by atoms with Crippen molar-refractivity contribution in [1.82, 2.24) is 15.3 Å². The van der Waals surface area contributed by atoms with Gasteiger partial charge >= 0.3 is 0 Å². The van der Waals surface area contributed by atoms with Crippen LogP contribution in [0.5, 0.6) is 5.75 Å². The molecule has 1 heterocycles. The van der Waals surface area contributed by atoms with Gasteiger partial charge in [-0.05, 0) is 37.1 Å². The third-order valence-electron chi connectivity index (χ3n) is 4.40. The number of hydrogen-bond donors (Lipinski definition) is 1. The minimum atomic E-state index is -0.191. The van der Waals surface area contributed by atoms with E-state index < -0.39 is 0 Å². The SMILES string of the molecule is CCN(c1ccccc1)c1ncc(C(=O)NCCc2ccccc2OC)cn1. The number of nitrogens with zero attached hydrogens (tertiary/aromatic N) is 3. The molecule has 0 aliphatic rings. The maximum absolute atomic E-state index is 12.4. The second kappa shape index (κ2) is 9.50. The van der Waals surface area contributed by atoms with E-state index in [-0.39, 0.29) is 5.91 Å². The molecular weight excluding hydrogens is 352 g/mol. The van der Waals surface area contributed by atoms with E-state index in [4.69, 9.17) is 4.74 Å². The van der Waals surface area contributed by atoms with Crippen LogP contribution in [0.25, 0.3) is 0 Å². The number of ether oxygens (including phenoxy) is 1. The Bertz CT molecular complexity index is 898. The lowest BCUT2D eigenvalue weighted by Crippen LogP contribution is -2.26. The zero-order chi connectivity index (χ0) is 19.8. The smallest absolute Gasteiger partial charge is 0.254 e. The maximum atomic E-state index is 12.4. The Balaban J connectivity index is 1.60. The van der Waals surface area contributed by atoms with Gasteiger partial charge in [0.05, 0.1) is 12.7 Å². The summed E-state index contributed by atoms with van der Waals surface area (Å²) in [5.74, 6) is 1.20. The third-order valence-corrected chi connectivity index (χ3v) is 4.40. The predicted octanol–water partition coefficient (Wildman–Crippen LogP) is 3.62. The fourth-order valence-electron chi connectivity index (χ4n) is 2.95. The van der Waals surface area contributed by atoms with Crippen molar-refractivity contribution in [3.8, 4) is 5.75 Å². The first kappa shape index (κ1) is 19.4. The molecule has 0 bridgehead atoms. The summed E-state index contributed by atoms with van der Waals surface area (Å²) in [5, 5.41) is 2.91. The Morgan fingerprint density at radius 2 is 1.71 bits per heavy atom. The highest BCUT2D eigenvalue weighted by molar-refractivity contribution is 5.93. The lowest BCUT2D eigenvalue weighted by Gasteiger charge is -2.20. The normalized spacial score (nSPS) is 10.4. The predicted molar refractivity (Wildman–Crippen MR) is 110 cm³/mol. The van der Waals surface area contributed by atoms with Gasteiger partial charge in [0.25, 0.3) is 5.91 Å². The Kier molecular flexibility index (Phi) is 6.57. The monoisotopic (exact) mass is 376 g/mol. The second-order valence-electron chi connectivity index (χ2n) is 6.17.